The molecule has 1 saturated heterocycles. The van der Waals surface area contributed by atoms with Gasteiger partial charge in [-0.25, -0.2) is 0 Å². The summed E-state index contributed by atoms with van der Waals surface area (Å²) in [7, 11) is 3.41. The fraction of sp³-hybridized carbons (Fsp3) is 0.409. The monoisotopic (exact) mass is 395 g/mol. The van der Waals surface area contributed by atoms with Crippen LogP contribution in [0.2, 0.25) is 0 Å². The molecule has 0 amide bonds. The molecule has 1 atom stereocenters. The Balaban J connectivity index is 1.23. The summed E-state index contributed by atoms with van der Waals surface area (Å²) >= 11 is 1.60. The highest BCUT2D eigenvalue weighted by Crippen LogP contribution is 2.42. The normalized spacial score (nSPS) is 19.4. The van der Waals surface area contributed by atoms with Crippen molar-refractivity contribution in [2.75, 3.05) is 51.8 Å². The molecule has 28 heavy (non-hydrogen) atoms. The van der Waals surface area contributed by atoms with Crippen LogP contribution in [-0.4, -0.2) is 56.2 Å². The number of rotatable bonds is 5. The van der Waals surface area contributed by atoms with Crippen LogP contribution in [0.25, 0.3) is 10.1 Å². The van der Waals surface area contributed by atoms with E-state index in [2.05, 4.69) is 46.2 Å². The molecule has 5 nitrogen and oxygen atoms in total. The smallest absolute Gasteiger partial charge is 0.161 e. The molecule has 1 unspecified atom stereocenters. The number of fused-ring (bicyclic) bond motifs is 2. The van der Waals surface area contributed by atoms with E-state index in [0.29, 0.717) is 5.92 Å². The summed E-state index contributed by atoms with van der Waals surface area (Å²) in [6.45, 7) is 5.38. The topological polar surface area (TPSA) is 37.8 Å². The van der Waals surface area contributed by atoms with Crippen LogP contribution in [0.3, 0.4) is 0 Å². The molecule has 0 spiro atoms. The highest BCUT2D eigenvalue weighted by molar-refractivity contribution is 7.13. The van der Waals surface area contributed by atoms with E-state index in [0.717, 1.165) is 56.5 Å². The number of piperazine rings is 1. The van der Waals surface area contributed by atoms with E-state index < -0.39 is 0 Å². The molecule has 146 valence electrons. The van der Waals surface area contributed by atoms with Gasteiger partial charge < -0.3 is 14.4 Å². The van der Waals surface area contributed by atoms with Crippen LogP contribution < -0.4 is 14.4 Å². The van der Waals surface area contributed by atoms with Gasteiger partial charge in [0.1, 0.15) is 5.82 Å². The summed E-state index contributed by atoms with van der Waals surface area (Å²) in [6, 6.07) is 12.8. The van der Waals surface area contributed by atoms with Crippen LogP contribution in [0, 0.1) is 0 Å². The van der Waals surface area contributed by atoms with Gasteiger partial charge in [-0.1, -0.05) is 12.1 Å². The Morgan fingerprint density at radius 2 is 1.79 bits per heavy atom. The van der Waals surface area contributed by atoms with Gasteiger partial charge in [-0.05, 0) is 53.3 Å². The largest absolute Gasteiger partial charge is 0.493 e. The molecule has 0 radical (unpaired) electrons. The van der Waals surface area contributed by atoms with Crippen molar-refractivity contribution < 1.29 is 9.47 Å². The maximum absolute atomic E-state index is 5.48. The zero-order valence-electron chi connectivity index (χ0n) is 16.4. The van der Waals surface area contributed by atoms with Crippen molar-refractivity contribution in [2.45, 2.75) is 12.3 Å². The van der Waals surface area contributed by atoms with Crippen molar-refractivity contribution in [1.29, 1.82) is 0 Å². The maximum Gasteiger partial charge on any atom is 0.161 e. The molecule has 0 N–H and O–H groups in total. The second-order valence-corrected chi connectivity index (χ2v) is 8.40. The highest BCUT2D eigenvalue weighted by Gasteiger charge is 2.31. The van der Waals surface area contributed by atoms with Crippen molar-refractivity contribution in [3.8, 4) is 11.5 Å². The number of aromatic nitrogens is 1. The highest BCUT2D eigenvalue weighted by atomic mass is 32.1. The third kappa shape index (κ3) is 3.01. The number of anilines is 1. The van der Waals surface area contributed by atoms with Crippen molar-refractivity contribution in [1.82, 2.24) is 9.27 Å². The van der Waals surface area contributed by atoms with Gasteiger partial charge in [0.25, 0.3) is 0 Å². The van der Waals surface area contributed by atoms with Crippen LogP contribution in [0.1, 0.15) is 17.0 Å². The van der Waals surface area contributed by atoms with Crippen LogP contribution in [0.15, 0.2) is 36.4 Å². The summed E-state index contributed by atoms with van der Waals surface area (Å²) in [5.41, 5.74) is 2.82. The van der Waals surface area contributed by atoms with Crippen molar-refractivity contribution in [3.05, 3.63) is 47.5 Å². The summed E-state index contributed by atoms with van der Waals surface area (Å²) in [4.78, 5) is 5.04. The van der Waals surface area contributed by atoms with Gasteiger partial charge in [-0.15, -0.1) is 0 Å². The molecule has 0 bridgehead atoms. The molecular formula is C22H25N3O2S. The standard InChI is InChI=1S/C22H25N3O2S/c1-26-19-12-15-11-16(18(15)13-20(19)27-2)14-24-7-9-25(10-8-24)22-17-5-3-4-6-21(17)28-23-22/h3-6,12-13,16H,7-11,14H2,1-2H3. The quantitative estimate of drug-likeness (QED) is 0.657. The third-order valence-electron chi connectivity index (χ3n) is 6.06. The number of methoxy groups -OCH3 is 2. The van der Waals surface area contributed by atoms with Gasteiger partial charge in [-0.2, -0.15) is 4.37 Å². The predicted molar refractivity (Wildman–Crippen MR) is 114 cm³/mol. The van der Waals surface area contributed by atoms with Crippen LogP contribution in [0.4, 0.5) is 5.82 Å². The van der Waals surface area contributed by atoms with Crippen LogP contribution in [0.5, 0.6) is 11.5 Å². The predicted octanol–water partition coefficient (Wildman–Crippen LogP) is 3.78. The van der Waals surface area contributed by atoms with Gasteiger partial charge in [0.05, 0.1) is 18.9 Å². The third-order valence-corrected chi connectivity index (χ3v) is 6.88. The average Bonchev–Trinajstić information content (AvgIpc) is 3.16. The Morgan fingerprint density at radius 3 is 2.57 bits per heavy atom. The molecule has 6 heteroatoms. The van der Waals surface area contributed by atoms with Crippen LogP contribution in [-0.2, 0) is 6.42 Å². The van der Waals surface area contributed by atoms with E-state index in [9.17, 15) is 0 Å². The first-order valence-electron chi connectivity index (χ1n) is 9.83. The number of benzene rings is 2. The molecular weight excluding hydrogens is 370 g/mol. The lowest BCUT2D eigenvalue weighted by molar-refractivity contribution is 0.234. The Hall–Kier alpha value is -2.31. The Bertz CT molecular complexity index is 995. The fourth-order valence-corrected chi connectivity index (χ4v) is 5.25. The first kappa shape index (κ1) is 17.8. The van der Waals surface area contributed by atoms with E-state index in [1.165, 1.54) is 21.2 Å². The molecule has 3 aromatic rings. The zero-order valence-corrected chi connectivity index (χ0v) is 17.2. The molecule has 2 aliphatic rings. The second-order valence-electron chi connectivity index (χ2n) is 7.60. The number of nitrogens with zero attached hydrogens (tertiary/aromatic N) is 3. The van der Waals surface area contributed by atoms with Gasteiger partial charge in [-0.3, -0.25) is 4.90 Å². The molecule has 1 aromatic heterocycles. The van der Waals surface area contributed by atoms with E-state index in [1.54, 1.807) is 25.8 Å². The molecule has 1 aliphatic heterocycles. The first-order valence-corrected chi connectivity index (χ1v) is 10.6. The zero-order chi connectivity index (χ0) is 19.1. The number of hydrogen-bond donors (Lipinski definition) is 0. The fourth-order valence-electron chi connectivity index (χ4n) is 4.46. The summed E-state index contributed by atoms with van der Waals surface area (Å²) < 4.78 is 16.9. The molecule has 0 saturated carbocycles. The van der Waals surface area contributed by atoms with Gasteiger partial charge in [0.15, 0.2) is 11.5 Å². The lowest BCUT2D eigenvalue weighted by Crippen LogP contribution is -2.48. The first-order chi connectivity index (χ1) is 13.8. The van der Waals surface area contributed by atoms with Crippen molar-refractivity contribution in [3.63, 3.8) is 0 Å². The molecule has 5 rings (SSSR count). The summed E-state index contributed by atoms with van der Waals surface area (Å²) in [6.07, 6.45) is 1.13. The minimum Gasteiger partial charge on any atom is -0.493 e. The molecule has 2 heterocycles. The number of ether oxygens (including phenoxy) is 2. The molecule has 1 fully saturated rings. The Morgan fingerprint density at radius 1 is 1.04 bits per heavy atom. The van der Waals surface area contributed by atoms with Gasteiger partial charge in [0.2, 0.25) is 0 Å². The summed E-state index contributed by atoms with van der Waals surface area (Å²) in [5, 5.41) is 1.29. The van der Waals surface area contributed by atoms with Crippen molar-refractivity contribution in [2.24, 2.45) is 0 Å². The minimum atomic E-state index is 0.599. The van der Waals surface area contributed by atoms with Gasteiger partial charge >= 0.3 is 0 Å². The van der Waals surface area contributed by atoms with E-state index in [1.807, 2.05) is 0 Å². The average molecular weight is 396 g/mol. The Labute approximate surface area is 169 Å². The van der Waals surface area contributed by atoms with E-state index in [-0.39, 0.29) is 0 Å². The summed E-state index contributed by atoms with van der Waals surface area (Å²) in [5.74, 6) is 3.43. The van der Waals surface area contributed by atoms with Crippen molar-refractivity contribution >= 4 is 27.4 Å². The van der Waals surface area contributed by atoms with Gasteiger partial charge in [0, 0.05) is 44.0 Å². The lowest BCUT2D eigenvalue weighted by Gasteiger charge is -2.40. The van der Waals surface area contributed by atoms with Crippen LogP contribution >= 0.6 is 11.5 Å². The number of hydrogen-bond acceptors (Lipinski definition) is 6. The van der Waals surface area contributed by atoms with E-state index in [4.69, 9.17) is 13.8 Å². The second kappa shape index (κ2) is 7.26. The maximum atomic E-state index is 5.48. The SMILES string of the molecule is COc1cc2c(cc1OC)C(CN1CCN(c3nsc4ccccc34)CC1)C2. The lowest BCUT2D eigenvalue weighted by atomic mass is 9.77. The molecule has 2 aromatic carbocycles. The molecule has 1 aliphatic carbocycles. The Kier molecular flexibility index (Phi) is 4.61. The minimum absolute atomic E-state index is 0.599. The van der Waals surface area contributed by atoms with E-state index >= 15 is 0 Å².